The van der Waals surface area contributed by atoms with Gasteiger partial charge in [-0.3, -0.25) is 0 Å². The molecule has 1 aliphatic heterocycles. The van der Waals surface area contributed by atoms with Crippen LogP contribution >= 0.6 is 0 Å². The van der Waals surface area contributed by atoms with Crippen LogP contribution in [0.1, 0.15) is 71.7 Å². The number of ether oxygens (including phenoxy) is 1. The Morgan fingerprint density at radius 1 is 1.24 bits per heavy atom. The first-order valence-corrected chi connectivity index (χ1v) is 12.1. The molecule has 0 aromatic carbocycles. The lowest BCUT2D eigenvalue weighted by atomic mass is 9.94. The lowest BCUT2D eigenvalue weighted by Crippen LogP contribution is -2.36. The quantitative estimate of drug-likeness (QED) is 0.638. The van der Waals surface area contributed by atoms with Gasteiger partial charge in [0.15, 0.2) is 4.90 Å². The minimum atomic E-state index is -4.35. The molecule has 0 fully saturated rings. The number of nitrogens with zero attached hydrogens (tertiary/aromatic N) is 4. The number of alkyl halides is 2. The number of nitrogens with one attached hydrogen (secondary N) is 2. The number of aromatic nitrogens is 4. The van der Waals surface area contributed by atoms with Crippen molar-refractivity contribution in [2.45, 2.75) is 77.8 Å². The fourth-order valence-corrected chi connectivity index (χ4v) is 4.63. The van der Waals surface area contributed by atoms with E-state index in [1.807, 2.05) is 18.6 Å². The van der Waals surface area contributed by atoms with Crippen LogP contribution in [0.15, 0.2) is 11.1 Å². The lowest BCUT2D eigenvalue weighted by Gasteiger charge is -2.30. The molecule has 0 saturated heterocycles. The highest BCUT2D eigenvalue weighted by atomic mass is 32.2. The van der Waals surface area contributed by atoms with Crippen molar-refractivity contribution in [2.75, 3.05) is 11.9 Å². The molecule has 13 heteroatoms. The number of sulfonamides is 1. The number of urea groups is 1. The molecule has 0 aliphatic carbocycles. The van der Waals surface area contributed by atoms with Crippen molar-refractivity contribution in [2.24, 2.45) is 5.41 Å². The Hall–Kier alpha value is -2.70. The van der Waals surface area contributed by atoms with E-state index in [0.717, 1.165) is 6.20 Å². The van der Waals surface area contributed by atoms with E-state index in [2.05, 4.69) is 15.5 Å². The summed E-state index contributed by atoms with van der Waals surface area (Å²) < 4.78 is 63.7. The van der Waals surface area contributed by atoms with Crippen molar-refractivity contribution in [3.05, 3.63) is 17.6 Å². The molecule has 0 radical (unpaired) electrons. The summed E-state index contributed by atoms with van der Waals surface area (Å²) in [5.41, 5.74) is 0.144. The van der Waals surface area contributed by atoms with E-state index in [1.54, 1.807) is 27.7 Å². The minimum absolute atomic E-state index is 0.0406. The third kappa shape index (κ3) is 4.97. The van der Waals surface area contributed by atoms with Crippen molar-refractivity contribution >= 4 is 21.7 Å². The number of carbonyl (C=O) groups is 1. The van der Waals surface area contributed by atoms with Crippen LogP contribution in [0.3, 0.4) is 0 Å². The van der Waals surface area contributed by atoms with Crippen LogP contribution in [0.2, 0.25) is 0 Å². The molecule has 2 aromatic heterocycles. The lowest BCUT2D eigenvalue weighted by molar-refractivity contribution is -0.0754. The number of hydrogen-bond donors (Lipinski definition) is 2. The maximum atomic E-state index is 14.2. The molecular weight excluding hydrogens is 458 g/mol. The highest BCUT2D eigenvalue weighted by molar-refractivity contribution is 7.90. The van der Waals surface area contributed by atoms with Gasteiger partial charge in [0.05, 0.1) is 36.4 Å². The summed E-state index contributed by atoms with van der Waals surface area (Å²) in [6.45, 7) is 12.2. The Labute approximate surface area is 191 Å². The number of fused-ring (bicyclic) bond motifs is 1. The fourth-order valence-electron chi connectivity index (χ4n) is 3.64. The topological polar surface area (TPSA) is 120 Å². The van der Waals surface area contributed by atoms with Gasteiger partial charge in [0, 0.05) is 12.3 Å². The summed E-state index contributed by atoms with van der Waals surface area (Å²) in [7, 11) is -4.35. The molecule has 2 amide bonds. The molecule has 2 N–H and O–H groups in total. The predicted octanol–water partition coefficient (Wildman–Crippen LogP) is 3.82. The summed E-state index contributed by atoms with van der Waals surface area (Å²) in [5, 5.41) is 10.5. The van der Waals surface area contributed by atoms with Crippen LogP contribution in [0.4, 0.5) is 19.3 Å². The van der Waals surface area contributed by atoms with E-state index in [4.69, 9.17) is 4.74 Å². The average molecular weight is 489 g/mol. The van der Waals surface area contributed by atoms with Gasteiger partial charge in [-0.2, -0.15) is 19.0 Å². The normalized spacial score (nSPS) is 16.0. The Morgan fingerprint density at radius 2 is 1.88 bits per heavy atom. The summed E-state index contributed by atoms with van der Waals surface area (Å²) in [5.74, 6) is -0.696. The third-order valence-corrected chi connectivity index (χ3v) is 6.42. The van der Waals surface area contributed by atoms with Crippen LogP contribution in [-0.4, -0.2) is 40.6 Å². The molecule has 3 rings (SSSR count). The molecule has 0 saturated carbocycles. The highest BCUT2D eigenvalue weighted by Gasteiger charge is 2.36. The first-order chi connectivity index (χ1) is 15.0. The second-order valence-electron chi connectivity index (χ2n) is 9.69. The Bertz CT molecular complexity index is 1160. The molecule has 0 unspecified atom stereocenters. The number of hydrogen-bond acceptors (Lipinski definition) is 6. The van der Waals surface area contributed by atoms with E-state index >= 15 is 0 Å². The first kappa shape index (κ1) is 24.9. The zero-order valence-corrected chi connectivity index (χ0v) is 20.5. The van der Waals surface area contributed by atoms with E-state index in [-0.39, 0.29) is 45.8 Å². The summed E-state index contributed by atoms with van der Waals surface area (Å²) in [4.78, 5) is 12.4. The Kier molecular flexibility index (Phi) is 6.24. The highest BCUT2D eigenvalue weighted by Crippen LogP contribution is 2.37. The maximum absolute atomic E-state index is 14.2. The number of amides is 2. The molecule has 1 aliphatic rings. The summed E-state index contributed by atoms with van der Waals surface area (Å²) >= 11 is 0. The van der Waals surface area contributed by atoms with Crippen molar-refractivity contribution in [3.63, 3.8) is 0 Å². The zero-order valence-electron chi connectivity index (χ0n) is 19.7. The van der Waals surface area contributed by atoms with Gasteiger partial charge in [0.2, 0.25) is 5.88 Å². The first-order valence-electron chi connectivity index (χ1n) is 10.6. The molecule has 2 aromatic rings. The van der Waals surface area contributed by atoms with E-state index in [1.165, 1.54) is 4.68 Å². The number of halogens is 2. The summed E-state index contributed by atoms with van der Waals surface area (Å²) in [6.07, 6.45) is 1.11. The third-order valence-electron chi connectivity index (χ3n) is 5.11. The second kappa shape index (κ2) is 8.26. The molecule has 3 heterocycles. The van der Waals surface area contributed by atoms with Gasteiger partial charge in [0.1, 0.15) is 0 Å². The van der Waals surface area contributed by atoms with Crippen molar-refractivity contribution in [3.8, 4) is 5.88 Å². The van der Waals surface area contributed by atoms with Gasteiger partial charge in [-0.15, -0.1) is 0 Å². The zero-order chi connectivity index (χ0) is 24.9. The molecule has 0 atom stereocenters. The largest absolute Gasteiger partial charge is 0.476 e. The van der Waals surface area contributed by atoms with Crippen molar-refractivity contribution in [1.29, 1.82) is 0 Å². The minimum Gasteiger partial charge on any atom is -0.476 e. The van der Waals surface area contributed by atoms with Crippen molar-refractivity contribution in [1.82, 2.24) is 24.3 Å². The molecule has 33 heavy (non-hydrogen) atoms. The van der Waals surface area contributed by atoms with E-state index in [0.29, 0.717) is 18.2 Å². The standard InChI is InChI=1S/C20H30F2N6O4S/c1-11(2)14-15(16(12(3)4)28(25-14)20(7,21)22)24-18(29)26-33(30,31)13-8-23-27-9-19(5,6)10-32-17(13)27/h8,11-12H,9-10H2,1-7H3,(H2,24,26,29). The monoisotopic (exact) mass is 488 g/mol. The van der Waals surface area contributed by atoms with Gasteiger partial charge in [-0.1, -0.05) is 41.5 Å². The Morgan fingerprint density at radius 3 is 2.42 bits per heavy atom. The average Bonchev–Trinajstić information content (AvgIpc) is 3.21. The summed E-state index contributed by atoms with van der Waals surface area (Å²) in [6, 6.07) is -4.41. The number of anilines is 1. The predicted molar refractivity (Wildman–Crippen MR) is 117 cm³/mol. The fraction of sp³-hybridized carbons (Fsp3) is 0.650. The molecule has 10 nitrogen and oxygen atoms in total. The SMILES string of the molecule is CC(C)c1nn(C(C)(F)F)c(C(C)C)c1NC(=O)NS(=O)(=O)c1cnn2c1OCC(C)(C)C2. The van der Waals surface area contributed by atoms with Crippen LogP contribution in [0, 0.1) is 5.41 Å². The van der Waals surface area contributed by atoms with Crippen molar-refractivity contribution < 1.29 is 26.7 Å². The molecule has 0 spiro atoms. The van der Waals surface area contributed by atoms with Crippen LogP contribution in [0.25, 0.3) is 0 Å². The van der Waals surface area contributed by atoms with Gasteiger partial charge in [-0.05, 0) is 11.8 Å². The molecular formula is C20H30F2N6O4S. The van der Waals surface area contributed by atoms with Crippen LogP contribution in [-0.2, 0) is 22.6 Å². The van der Waals surface area contributed by atoms with E-state index in [9.17, 15) is 22.0 Å². The molecule has 184 valence electrons. The number of rotatable bonds is 6. The van der Waals surface area contributed by atoms with Gasteiger partial charge < -0.3 is 10.1 Å². The molecule has 0 bridgehead atoms. The second-order valence-corrected chi connectivity index (χ2v) is 11.3. The smallest absolute Gasteiger partial charge is 0.341 e. The number of carbonyl (C=O) groups excluding carboxylic acids is 1. The van der Waals surface area contributed by atoms with Crippen LogP contribution < -0.4 is 14.8 Å². The van der Waals surface area contributed by atoms with Gasteiger partial charge in [-0.25, -0.2) is 27.3 Å². The maximum Gasteiger partial charge on any atom is 0.341 e. The van der Waals surface area contributed by atoms with Gasteiger partial charge in [0.25, 0.3) is 10.0 Å². The van der Waals surface area contributed by atoms with E-state index < -0.39 is 28.0 Å². The van der Waals surface area contributed by atoms with Gasteiger partial charge >= 0.3 is 12.1 Å². The Balaban J connectivity index is 1.91. The van der Waals surface area contributed by atoms with Crippen LogP contribution in [0.5, 0.6) is 5.88 Å².